The van der Waals surface area contributed by atoms with Crippen molar-refractivity contribution in [1.29, 1.82) is 0 Å². The van der Waals surface area contributed by atoms with E-state index < -0.39 is 0 Å². The topological polar surface area (TPSA) is 86.5 Å². The van der Waals surface area contributed by atoms with E-state index in [0.29, 0.717) is 56.5 Å². The number of benzene rings is 1. The summed E-state index contributed by atoms with van der Waals surface area (Å²) in [6.07, 6.45) is 1.47. The van der Waals surface area contributed by atoms with Gasteiger partial charge in [0.15, 0.2) is 5.76 Å². The Morgan fingerprint density at radius 3 is 2.40 bits per heavy atom. The van der Waals surface area contributed by atoms with Crippen LogP contribution in [-0.2, 0) is 4.79 Å². The fourth-order valence-electron chi connectivity index (χ4n) is 3.78. The summed E-state index contributed by atoms with van der Waals surface area (Å²) in [6, 6.07) is 10.4. The molecule has 0 radical (unpaired) electrons. The number of anilines is 1. The van der Waals surface area contributed by atoms with Crippen molar-refractivity contribution in [3.8, 4) is 5.75 Å². The molecule has 2 fully saturated rings. The molecule has 1 aromatic carbocycles. The number of nitrogens with zero attached hydrogens (tertiary/aromatic N) is 4. The lowest BCUT2D eigenvalue weighted by Gasteiger charge is -2.35. The van der Waals surface area contributed by atoms with Crippen molar-refractivity contribution >= 4 is 23.5 Å². The molecule has 2 aliphatic rings. The highest BCUT2D eigenvalue weighted by Gasteiger charge is 2.34. The van der Waals surface area contributed by atoms with E-state index >= 15 is 0 Å². The van der Waals surface area contributed by atoms with E-state index in [1.807, 2.05) is 18.2 Å². The van der Waals surface area contributed by atoms with Gasteiger partial charge in [0, 0.05) is 39.3 Å². The lowest BCUT2D eigenvalue weighted by molar-refractivity contribution is -0.133. The van der Waals surface area contributed by atoms with Crippen molar-refractivity contribution < 1.29 is 23.5 Å². The monoisotopic (exact) mass is 412 g/mol. The van der Waals surface area contributed by atoms with Gasteiger partial charge in [-0.05, 0) is 24.3 Å². The van der Waals surface area contributed by atoms with Crippen LogP contribution < -0.4 is 9.64 Å². The van der Waals surface area contributed by atoms with Crippen molar-refractivity contribution in [3.05, 3.63) is 48.4 Å². The van der Waals surface area contributed by atoms with Crippen LogP contribution in [0.2, 0.25) is 0 Å². The Morgan fingerprint density at radius 2 is 1.70 bits per heavy atom. The maximum Gasteiger partial charge on any atom is 0.325 e. The fraction of sp³-hybridized carbons (Fsp3) is 0.381. The third-order valence-electron chi connectivity index (χ3n) is 5.45. The average Bonchev–Trinajstić information content (AvgIpc) is 3.44. The van der Waals surface area contributed by atoms with Gasteiger partial charge >= 0.3 is 6.03 Å². The van der Waals surface area contributed by atoms with Crippen molar-refractivity contribution in [1.82, 2.24) is 14.7 Å². The van der Waals surface area contributed by atoms with Crippen LogP contribution >= 0.6 is 0 Å². The number of hydrogen-bond acceptors (Lipinski definition) is 5. The third kappa shape index (κ3) is 3.83. The number of carbonyl (C=O) groups excluding carboxylic acids is 3. The molecule has 9 heteroatoms. The molecule has 30 heavy (non-hydrogen) atoms. The minimum atomic E-state index is -0.209. The quantitative estimate of drug-likeness (QED) is 0.743. The Labute approximate surface area is 174 Å². The number of methoxy groups -OCH3 is 1. The van der Waals surface area contributed by atoms with E-state index in [9.17, 15) is 14.4 Å². The second-order valence-corrected chi connectivity index (χ2v) is 7.18. The summed E-state index contributed by atoms with van der Waals surface area (Å²) in [5.74, 6) is 0.634. The number of para-hydroxylation sites is 2. The molecule has 2 aliphatic heterocycles. The lowest BCUT2D eigenvalue weighted by Crippen LogP contribution is -2.52. The summed E-state index contributed by atoms with van der Waals surface area (Å²) in [6.45, 7) is 2.74. The molecular weight excluding hydrogens is 388 g/mol. The van der Waals surface area contributed by atoms with Gasteiger partial charge in [-0.2, -0.15) is 0 Å². The molecule has 0 saturated carbocycles. The van der Waals surface area contributed by atoms with Crippen LogP contribution in [0.25, 0.3) is 0 Å². The number of piperazine rings is 1. The molecule has 0 atom stereocenters. The zero-order chi connectivity index (χ0) is 21.1. The van der Waals surface area contributed by atoms with Crippen LogP contribution in [0.15, 0.2) is 47.1 Å². The SMILES string of the molecule is COc1ccccc1N1CCN(CC(=O)N2CCN(C(=O)c3ccco3)CC2)C1=O. The molecule has 9 nitrogen and oxygen atoms in total. The number of hydrogen-bond donors (Lipinski definition) is 0. The van der Waals surface area contributed by atoms with E-state index in [2.05, 4.69) is 0 Å². The number of amides is 4. The molecule has 1 aromatic heterocycles. The molecule has 0 aliphatic carbocycles. The van der Waals surface area contributed by atoms with Gasteiger partial charge in [0.2, 0.25) is 5.91 Å². The lowest BCUT2D eigenvalue weighted by atomic mass is 10.2. The van der Waals surface area contributed by atoms with Crippen LogP contribution in [0.4, 0.5) is 10.5 Å². The van der Waals surface area contributed by atoms with Crippen LogP contribution in [0.5, 0.6) is 5.75 Å². The van der Waals surface area contributed by atoms with Crippen molar-refractivity contribution in [3.63, 3.8) is 0 Å². The van der Waals surface area contributed by atoms with E-state index in [1.165, 1.54) is 6.26 Å². The molecule has 0 unspecified atom stereocenters. The molecule has 0 N–H and O–H groups in total. The molecule has 4 rings (SSSR count). The standard InChI is InChI=1S/C21H24N4O5/c1-29-17-6-3-2-5-16(17)25-13-12-24(21(25)28)15-19(26)22-8-10-23(11-9-22)20(27)18-7-4-14-30-18/h2-7,14H,8-13,15H2,1H3. The number of rotatable bonds is 5. The van der Waals surface area contributed by atoms with E-state index in [1.54, 1.807) is 44.9 Å². The van der Waals surface area contributed by atoms with Gasteiger partial charge in [0.05, 0.1) is 19.1 Å². The largest absolute Gasteiger partial charge is 0.495 e. The van der Waals surface area contributed by atoms with E-state index in [0.717, 1.165) is 0 Å². The highest BCUT2D eigenvalue weighted by atomic mass is 16.5. The Hall–Kier alpha value is -3.49. The van der Waals surface area contributed by atoms with Gasteiger partial charge in [-0.1, -0.05) is 12.1 Å². The summed E-state index contributed by atoms with van der Waals surface area (Å²) in [5, 5.41) is 0. The molecule has 4 amide bonds. The van der Waals surface area contributed by atoms with Crippen LogP contribution in [0.1, 0.15) is 10.6 Å². The Balaban J connectivity index is 1.32. The van der Waals surface area contributed by atoms with Gasteiger partial charge in [0.25, 0.3) is 5.91 Å². The highest BCUT2D eigenvalue weighted by molar-refractivity contribution is 5.97. The first-order chi connectivity index (χ1) is 14.6. The van der Waals surface area contributed by atoms with E-state index in [-0.39, 0.29) is 24.4 Å². The molecule has 0 spiro atoms. The molecule has 0 bridgehead atoms. The van der Waals surface area contributed by atoms with Gasteiger partial charge in [-0.3, -0.25) is 14.5 Å². The predicted octanol–water partition coefficient (Wildman–Crippen LogP) is 1.51. The zero-order valence-electron chi connectivity index (χ0n) is 16.8. The minimum Gasteiger partial charge on any atom is -0.495 e. The summed E-state index contributed by atoms with van der Waals surface area (Å²) < 4.78 is 10.5. The minimum absolute atomic E-state index is 0.0244. The van der Waals surface area contributed by atoms with Gasteiger partial charge < -0.3 is 23.9 Å². The summed E-state index contributed by atoms with van der Waals surface area (Å²) >= 11 is 0. The normalized spacial score (nSPS) is 16.9. The second kappa shape index (κ2) is 8.48. The summed E-state index contributed by atoms with van der Waals surface area (Å²) in [5.41, 5.74) is 0.699. The number of carbonyl (C=O) groups is 3. The van der Waals surface area contributed by atoms with Gasteiger partial charge in [0.1, 0.15) is 12.3 Å². The Bertz CT molecular complexity index is 921. The third-order valence-corrected chi connectivity index (χ3v) is 5.45. The smallest absolute Gasteiger partial charge is 0.325 e. The molecule has 158 valence electrons. The van der Waals surface area contributed by atoms with E-state index in [4.69, 9.17) is 9.15 Å². The fourth-order valence-corrected chi connectivity index (χ4v) is 3.78. The molecule has 2 aromatic rings. The number of urea groups is 1. The molecule has 3 heterocycles. The first-order valence-corrected chi connectivity index (χ1v) is 9.88. The van der Waals surface area contributed by atoms with Crippen LogP contribution in [0, 0.1) is 0 Å². The predicted molar refractivity (Wildman–Crippen MR) is 109 cm³/mol. The summed E-state index contributed by atoms with van der Waals surface area (Å²) in [7, 11) is 1.57. The first kappa shape index (κ1) is 19.8. The average molecular weight is 412 g/mol. The highest BCUT2D eigenvalue weighted by Crippen LogP contribution is 2.30. The Morgan fingerprint density at radius 1 is 0.967 bits per heavy atom. The Kier molecular flexibility index (Phi) is 5.60. The zero-order valence-corrected chi connectivity index (χ0v) is 16.8. The molecule has 2 saturated heterocycles. The maximum atomic E-state index is 12.8. The van der Waals surface area contributed by atoms with Gasteiger partial charge in [-0.25, -0.2) is 4.79 Å². The first-order valence-electron chi connectivity index (χ1n) is 9.88. The number of furan rings is 1. The maximum absolute atomic E-state index is 12.8. The van der Waals surface area contributed by atoms with Crippen LogP contribution in [-0.4, -0.2) is 85.5 Å². The molecular formula is C21H24N4O5. The number of ether oxygens (including phenoxy) is 1. The summed E-state index contributed by atoms with van der Waals surface area (Å²) in [4.78, 5) is 44.5. The van der Waals surface area contributed by atoms with Gasteiger partial charge in [-0.15, -0.1) is 0 Å². The van der Waals surface area contributed by atoms with Crippen molar-refractivity contribution in [2.75, 3.05) is 57.8 Å². The van der Waals surface area contributed by atoms with Crippen LogP contribution in [0.3, 0.4) is 0 Å². The second-order valence-electron chi connectivity index (χ2n) is 7.18. The van der Waals surface area contributed by atoms with Crippen molar-refractivity contribution in [2.24, 2.45) is 0 Å². The van der Waals surface area contributed by atoms with Crippen molar-refractivity contribution in [2.45, 2.75) is 0 Å².